The van der Waals surface area contributed by atoms with E-state index in [0.29, 0.717) is 18.4 Å². The molecule has 6 heteroatoms. The highest BCUT2D eigenvalue weighted by atomic mass is 16.5. The molecule has 0 aromatic carbocycles. The van der Waals surface area contributed by atoms with Crippen LogP contribution in [-0.4, -0.2) is 53.7 Å². The summed E-state index contributed by atoms with van der Waals surface area (Å²) >= 11 is 0. The molecule has 0 N–H and O–H groups in total. The van der Waals surface area contributed by atoms with Crippen LogP contribution in [0.5, 0.6) is 5.88 Å². The van der Waals surface area contributed by atoms with Gasteiger partial charge in [0.1, 0.15) is 0 Å². The summed E-state index contributed by atoms with van der Waals surface area (Å²) in [6.45, 7) is 3.81. The van der Waals surface area contributed by atoms with Gasteiger partial charge in [-0.25, -0.2) is 4.98 Å². The number of allylic oxidation sites excluding steroid dienone is 1. The van der Waals surface area contributed by atoms with Crippen LogP contribution in [0.15, 0.2) is 30.2 Å². The lowest BCUT2D eigenvalue weighted by molar-refractivity contribution is -0.134. The molecule has 1 amide bonds. The molecule has 3 aliphatic rings. The Balaban J connectivity index is 1.37. The van der Waals surface area contributed by atoms with Crippen molar-refractivity contribution in [2.24, 2.45) is 11.3 Å². The van der Waals surface area contributed by atoms with Crippen molar-refractivity contribution in [1.82, 2.24) is 14.9 Å². The third kappa shape index (κ3) is 3.61. The Morgan fingerprint density at radius 2 is 2.19 bits per heavy atom. The number of ether oxygens (including phenoxy) is 2. The van der Waals surface area contributed by atoms with Gasteiger partial charge in [-0.05, 0) is 43.9 Å². The first-order valence-corrected chi connectivity index (χ1v) is 9.72. The quantitative estimate of drug-likeness (QED) is 0.829. The van der Waals surface area contributed by atoms with Crippen molar-refractivity contribution in [3.05, 3.63) is 30.2 Å². The molecule has 3 heterocycles. The van der Waals surface area contributed by atoms with Gasteiger partial charge in [0.05, 0.1) is 19.4 Å². The van der Waals surface area contributed by atoms with Crippen LogP contribution in [0.2, 0.25) is 0 Å². The van der Waals surface area contributed by atoms with Crippen LogP contribution in [0.25, 0.3) is 0 Å². The van der Waals surface area contributed by atoms with E-state index in [4.69, 9.17) is 9.47 Å². The summed E-state index contributed by atoms with van der Waals surface area (Å²) in [4.78, 5) is 23.0. The summed E-state index contributed by atoms with van der Waals surface area (Å²) in [5.41, 5.74) is 1.23. The maximum Gasteiger partial charge on any atom is 0.249 e. The summed E-state index contributed by atoms with van der Waals surface area (Å²) in [5.74, 6) is 1.16. The van der Waals surface area contributed by atoms with Gasteiger partial charge in [-0.1, -0.05) is 6.08 Å². The molecule has 140 valence electrons. The number of amides is 1. The van der Waals surface area contributed by atoms with Crippen molar-refractivity contribution in [3.63, 3.8) is 0 Å². The van der Waals surface area contributed by atoms with Gasteiger partial charge in [0, 0.05) is 43.6 Å². The Labute approximate surface area is 154 Å². The maximum atomic E-state index is 12.7. The average molecular weight is 357 g/mol. The van der Waals surface area contributed by atoms with Crippen molar-refractivity contribution < 1.29 is 14.3 Å². The number of hydrogen-bond donors (Lipinski definition) is 0. The Morgan fingerprint density at radius 3 is 2.92 bits per heavy atom. The number of hydrogen-bond acceptors (Lipinski definition) is 5. The largest absolute Gasteiger partial charge is 0.476 e. The minimum Gasteiger partial charge on any atom is -0.476 e. The standard InChI is InChI=1S/C20H27N3O3/c24-19(16-3-1-2-4-16)23-10-5-20(6-11-23)7-12-25-14-17(20)15-26-18-13-21-8-9-22-18/h3,8-9,13,17H,1-2,4-7,10-12,14-15H2. The third-order valence-corrected chi connectivity index (χ3v) is 6.26. The van der Waals surface area contributed by atoms with Gasteiger partial charge in [-0.3, -0.25) is 9.78 Å². The number of nitrogens with zero attached hydrogens (tertiary/aromatic N) is 3. The topological polar surface area (TPSA) is 64.6 Å². The van der Waals surface area contributed by atoms with Crippen molar-refractivity contribution in [1.29, 1.82) is 0 Å². The highest BCUT2D eigenvalue weighted by Crippen LogP contribution is 2.45. The van der Waals surface area contributed by atoms with E-state index in [-0.39, 0.29) is 11.3 Å². The minimum atomic E-state index is 0.210. The molecule has 1 unspecified atom stereocenters. The van der Waals surface area contributed by atoms with Gasteiger partial charge in [0.25, 0.3) is 0 Å². The third-order valence-electron chi connectivity index (χ3n) is 6.26. The second-order valence-corrected chi connectivity index (χ2v) is 7.65. The maximum absolute atomic E-state index is 12.7. The Hall–Kier alpha value is -1.95. The molecule has 1 atom stereocenters. The molecule has 6 nitrogen and oxygen atoms in total. The number of carbonyl (C=O) groups is 1. The van der Waals surface area contributed by atoms with E-state index in [1.54, 1.807) is 18.6 Å². The first kappa shape index (κ1) is 17.5. The average Bonchev–Trinajstić information content (AvgIpc) is 3.23. The summed E-state index contributed by atoms with van der Waals surface area (Å²) in [5, 5.41) is 0. The minimum absolute atomic E-state index is 0.210. The molecule has 1 aromatic heterocycles. The van der Waals surface area contributed by atoms with Crippen LogP contribution in [0, 0.1) is 11.3 Å². The zero-order valence-corrected chi connectivity index (χ0v) is 15.2. The van der Waals surface area contributed by atoms with E-state index in [2.05, 4.69) is 20.9 Å². The molecule has 0 bridgehead atoms. The van der Waals surface area contributed by atoms with E-state index in [1.165, 1.54) is 0 Å². The number of rotatable bonds is 4. The number of likely N-dealkylation sites (tertiary alicyclic amines) is 1. The lowest BCUT2D eigenvalue weighted by Crippen LogP contribution is -2.51. The highest BCUT2D eigenvalue weighted by molar-refractivity contribution is 5.93. The normalized spacial score (nSPS) is 25.2. The molecular formula is C20H27N3O3. The summed E-state index contributed by atoms with van der Waals surface area (Å²) in [6, 6.07) is 0. The van der Waals surface area contributed by atoms with Crippen molar-refractivity contribution >= 4 is 5.91 Å². The second kappa shape index (κ2) is 7.74. The predicted octanol–water partition coefficient (Wildman–Crippen LogP) is 2.61. The van der Waals surface area contributed by atoms with E-state index in [9.17, 15) is 4.79 Å². The molecule has 1 aliphatic carbocycles. The van der Waals surface area contributed by atoms with Gasteiger partial charge in [0.2, 0.25) is 11.8 Å². The molecule has 2 aliphatic heterocycles. The van der Waals surface area contributed by atoms with Crippen LogP contribution in [-0.2, 0) is 9.53 Å². The zero-order valence-electron chi connectivity index (χ0n) is 15.2. The fourth-order valence-corrected chi connectivity index (χ4v) is 4.53. The molecular weight excluding hydrogens is 330 g/mol. The van der Waals surface area contributed by atoms with Crippen molar-refractivity contribution in [2.45, 2.75) is 38.5 Å². The summed E-state index contributed by atoms with van der Waals surface area (Å²) in [6.07, 6.45) is 13.3. The van der Waals surface area contributed by atoms with E-state index in [0.717, 1.165) is 70.4 Å². The van der Waals surface area contributed by atoms with Gasteiger partial charge in [-0.2, -0.15) is 0 Å². The van der Waals surface area contributed by atoms with Crippen molar-refractivity contribution in [3.8, 4) is 5.88 Å². The number of piperidine rings is 1. The first-order valence-electron chi connectivity index (χ1n) is 9.72. The highest BCUT2D eigenvalue weighted by Gasteiger charge is 2.44. The summed E-state index contributed by atoms with van der Waals surface area (Å²) < 4.78 is 11.6. The predicted molar refractivity (Wildman–Crippen MR) is 96.6 cm³/mol. The Kier molecular flexibility index (Phi) is 5.20. The fourth-order valence-electron chi connectivity index (χ4n) is 4.53. The Bertz CT molecular complexity index is 654. The second-order valence-electron chi connectivity index (χ2n) is 7.65. The molecule has 4 rings (SSSR count). The fraction of sp³-hybridized carbons (Fsp3) is 0.650. The lowest BCUT2D eigenvalue weighted by atomic mass is 9.66. The molecule has 0 radical (unpaired) electrons. The first-order chi connectivity index (χ1) is 12.8. The zero-order chi connectivity index (χ0) is 17.8. The van der Waals surface area contributed by atoms with Gasteiger partial charge in [-0.15, -0.1) is 0 Å². The van der Waals surface area contributed by atoms with Gasteiger partial charge < -0.3 is 14.4 Å². The molecule has 1 aromatic rings. The van der Waals surface area contributed by atoms with Crippen LogP contribution in [0.1, 0.15) is 38.5 Å². The van der Waals surface area contributed by atoms with Gasteiger partial charge in [0.15, 0.2) is 0 Å². The lowest BCUT2D eigenvalue weighted by Gasteiger charge is -2.48. The number of carbonyl (C=O) groups excluding carboxylic acids is 1. The molecule has 26 heavy (non-hydrogen) atoms. The summed E-state index contributed by atoms with van der Waals surface area (Å²) in [7, 11) is 0. The SMILES string of the molecule is O=C(C1=CCCC1)N1CCC2(CCOCC2COc2cnccn2)CC1. The van der Waals surface area contributed by atoms with Crippen LogP contribution >= 0.6 is 0 Å². The van der Waals surface area contributed by atoms with Crippen molar-refractivity contribution in [2.75, 3.05) is 32.9 Å². The van der Waals surface area contributed by atoms with Crippen LogP contribution < -0.4 is 4.74 Å². The van der Waals surface area contributed by atoms with Crippen LogP contribution in [0.4, 0.5) is 0 Å². The van der Waals surface area contributed by atoms with Crippen LogP contribution in [0.3, 0.4) is 0 Å². The molecule has 0 saturated carbocycles. The molecule has 2 saturated heterocycles. The van der Waals surface area contributed by atoms with Gasteiger partial charge >= 0.3 is 0 Å². The van der Waals surface area contributed by atoms with E-state index in [1.807, 2.05) is 0 Å². The molecule has 1 spiro atoms. The molecule has 2 fully saturated rings. The van der Waals surface area contributed by atoms with E-state index >= 15 is 0 Å². The number of aromatic nitrogens is 2. The van der Waals surface area contributed by atoms with E-state index < -0.39 is 0 Å². The monoisotopic (exact) mass is 357 g/mol. The Morgan fingerprint density at radius 1 is 1.31 bits per heavy atom. The smallest absolute Gasteiger partial charge is 0.249 e.